The summed E-state index contributed by atoms with van der Waals surface area (Å²) >= 11 is 0. The molecule has 1 saturated heterocycles. The van der Waals surface area contributed by atoms with Gasteiger partial charge < -0.3 is 9.64 Å². The molecule has 1 aliphatic heterocycles. The van der Waals surface area contributed by atoms with E-state index in [-0.39, 0.29) is 5.97 Å². The molecular weight excluding hydrogens is 412 g/mol. The average Bonchev–Trinajstić information content (AvgIpc) is 3.34. The Hall–Kier alpha value is -2.96. The van der Waals surface area contributed by atoms with Crippen LogP contribution in [-0.4, -0.2) is 64.9 Å². The summed E-state index contributed by atoms with van der Waals surface area (Å²) < 4.78 is 6.87. The fraction of sp³-hybridized carbons (Fsp3) is 0.407. The molecule has 0 atom stereocenters. The maximum Gasteiger partial charge on any atom is 0.341 e. The number of aryl methyl sites for hydroxylation is 1. The maximum atomic E-state index is 11.8. The lowest BCUT2D eigenvalue weighted by Crippen LogP contribution is -2.48. The van der Waals surface area contributed by atoms with Gasteiger partial charge in [0.15, 0.2) is 0 Å². The van der Waals surface area contributed by atoms with E-state index in [1.165, 1.54) is 11.1 Å². The van der Waals surface area contributed by atoms with Crippen LogP contribution in [0.5, 0.6) is 0 Å². The zero-order chi connectivity index (χ0) is 22.9. The van der Waals surface area contributed by atoms with E-state index in [2.05, 4.69) is 75.6 Å². The lowest BCUT2D eigenvalue weighted by Gasteiger charge is -2.39. The van der Waals surface area contributed by atoms with Crippen LogP contribution < -0.4 is 0 Å². The van der Waals surface area contributed by atoms with Gasteiger partial charge in [0, 0.05) is 38.9 Å². The Balaban J connectivity index is 1.24. The van der Waals surface area contributed by atoms with Gasteiger partial charge in [-0.3, -0.25) is 9.58 Å². The smallest absolute Gasteiger partial charge is 0.341 e. The van der Waals surface area contributed by atoms with E-state index < -0.39 is 0 Å². The highest BCUT2D eigenvalue weighted by atomic mass is 16.5. The largest absolute Gasteiger partial charge is 0.462 e. The highest BCUT2D eigenvalue weighted by molar-refractivity contribution is 5.88. The molecule has 0 N–H and O–H groups in total. The summed E-state index contributed by atoms with van der Waals surface area (Å²) in [7, 11) is 0. The average molecular weight is 447 g/mol. The summed E-state index contributed by atoms with van der Waals surface area (Å²) in [5, 5.41) is 4.29. The lowest BCUT2D eigenvalue weighted by molar-refractivity contribution is 0.0526. The van der Waals surface area contributed by atoms with E-state index in [1.54, 1.807) is 12.4 Å². The van der Waals surface area contributed by atoms with Crippen molar-refractivity contribution in [3.8, 4) is 0 Å². The molecular formula is C27H34N4O2. The van der Waals surface area contributed by atoms with Crippen molar-refractivity contribution >= 4 is 5.97 Å². The predicted molar refractivity (Wildman–Crippen MR) is 130 cm³/mol. The SMILES string of the molecule is CCOC(=O)c1cnn(CCCCN2CCN(C(c3ccccc3)c3ccccc3)CC2)c1. The maximum absolute atomic E-state index is 11.8. The summed E-state index contributed by atoms with van der Waals surface area (Å²) in [4.78, 5) is 16.9. The Morgan fingerprint density at radius 1 is 0.909 bits per heavy atom. The topological polar surface area (TPSA) is 50.6 Å². The molecule has 0 bridgehead atoms. The molecule has 4 rings (SSSR count). The third-order valence-electron chi connectivity index (χ3n) is 6.26. The van der Waals surface area contributed by atoms with Crippen molar-refractivity contribution in [1.82, 2.24) is 19.6 Å². The number of nitrogens with zero attached hydrogens (tertiary/aromatic N) is 4. The van der Waals surface area contributed by atoms with Crippen molar-refractivity contribution in [3.05, 3.63) is 89.7 Å². The monoisotopic (exact) mass is 446 g/mol. The second-order valence-corrected chi connectivity index (χ2v) is 8.52. The molecule has 33 heavy (non-hydrogen) atoms. The molecule has 1 aliphatic rings. The van der Waals surface area contributed by atoms with Crippen LogP contribution in [0.2, 0.25) is 0 Å². The van der Waals surface area contributed by atoms with Crippen LogP contribution in [0.15, 0.2) is 73.1 Å². The van der Waals surface area contributed by atoms with Crippen LogP contribution in [0.1, 0.15) is 47.3 Å². The number of rotatable bonds is 10. The Labute approximate surface area is 196 Å². The van der Waals surface area contributed by atoms with Crippen LogP contribution in [0.4, 0.5) is 0 Å². The fourth-order valence-electron chi connectivity index (χ4n) is 4.54. The molecule has 0 radical (unpaired) electrons. The van der Waals surface area contributed by atoms with E-state index in [0.29, 0.717) is 18.2 Å². The molecule has 0 spiro atoms. The summed E-state index contributed by atoms with van der Waals surface area (Å²) in [6.07, 6.45) is 5.54. The van der Waals surface area contributed by atoms with Gasteiger partial charge in [0.05, 0.1) is 24.4 Å². The van der Waals surface area contributed by atoms with Crippen molar-refractivity contribution in [1.29, 1.82) is 0 Å². The standard InChI is InChI=1S/C27H34N4O2/c1-2-33-27(32)25-21-28-31(22-25)16-10-9-15-29-17-19-30(20-18-29)26(23-11-5-3-6-12-23)24-13-7-4-8-14-24/h3-8,11-14,21-22,26H,2,9-10,15-20H2,1H3. The van der Waals surface area contributed by atoms with Gasteiger partial charge in [-0.25, -0.2) is 4.79 Å². The number of hydrogen-bond donors (Lipinski definition) is 0. The van der Waals surface area contributed by atoms with Gasteiger partial charge in [-0.1, -0.05) is 60.7 Å². The Morgan fingerprint density at radius 3 is 2.12 bits per heavy atom. The van der Waals surface area contributed by atoms with Crippen LogP contribution in [0, 0.1) is 0 Å². The van der Waals surface area contributed by atoms with E-state index in [9.17, 15) is 4.79 Å². The van der Waals surface area contributed by atoms with E-state index in [0.717, 1.165) is 52.1 Å². The third-order valence-corrected chi connectivity index (χ3v) is 6.26. The highest BCUT2D eigenvalue weighted by Gasteiger charge is 2.26. The van der Waals surface area contributed by atoms with Gasteiger partial charge in [-0.05, 0) is 37.4 Å². The number of benzene rings is 2. The zero-order valence-corrected chi connectivity index (χ0v) is 19.5. The number of aromatic nitrogens is 2. The molecule has 1 fully saturated rings. The predicted octanol–water partition coefficient (Wildman–Crippen LogP) is 4.25. The second-order valence-electron chi connectivity index (χ2n) is 8.52. The first-order chi connectivity index (χ1) is 16.2. The molecule has 3 aromatic rings. The number of hydrogen-bond acceptors (Lipinski definition) is 5. The van der Waals surface area contributed by atoms with Crippen molar-refractivity contribution in [3.63, 3.8) is 0 Å². The first-order valence-corrected chi connectivity index (χ1v) is 12.0. The Kier molecular flexibility index (Phi) is 8.28. The van der Waals surface area contributed by atoms with Crippen molar-refractivity contribution in [2.75, 3.05) is 39.3 Å². The van der Waals surface area contributed by atoms with Crippen LogP contribution >= 0.6 is 0 Å². The van der Waals surface area contributed by atoms with Crippen molar-refractivity contribution < 1.29 is 9.53 Å². The molecule has 1 aromatic heterocycles. The number of esters is 1. The number of carbonyl (C=O) groups is 1. The van der Waals surface area contributed by atoms with Gasteiger partial charge in [0.2, 0.25) is 0 Å². The first kappa shape index (κ1) is 23.2. The van der Waals surface area contributed by atoms with Crippen molar-refractivity contribution in [2.45, 2.75) is 32.4 Å². The minimum absolute atomic E-state index is 0.300. The second kappa shape index (κ2) is 11.8. The minimum atomic E-state index is -0.300. The van der Waals surface area contributed by atoms with Gasteiger partial charge in [-0.2, -0.15) is 5.10 Å². The summed E-state index contributed by atoms with van der Waals surface area (Å²) in [5.41, 5.74) is 3.25. The Morgan fingerprint density at radius 2 is 1.52 bits per heavy atom. The molecule has 2 heterocycles. The molecule has 0 unspecified atom stereocenters. The molecule has 0 aliphatic carbocycles. The molecule has 6 heteroatoms. The van der Waals surface area contributed by atoms with Crippen molar-refractivity contribution in [2.24, 2.45) is 0 Å². The zero-order valence-electron chi connectivity index (χ0n) is 19.5. The van der Waals surface area contributed by atoms with Crippen LogP contribution in [0.3, 0.4) is 0 Å². The molecule has 174 valence electrons. The quantitative estimate of drug-likeness (QED) is 0.344. The number of carbonyl (C=O) groups excluding carboxylic acids is 1. The third kappa shape index (κ3) is 6.30. The molecule has 2 aromatic carbocycles. The molecule has 0 amide bonds. The molecule has 6 nitrogen and oxygen atoms in total. The van der Waals surface area contributed by atoms with Gasteiger partial charge >= 0.3 is 5.97 Å². The van der Waals surface area contributed by atoms with E-state index in [4.69, 9.17) is 4.74 Å². The van der Waals surface area contributed by atoms with Gasteiger partial charge in [0.25, 0.3) is 0 Å². The number of unbranched alkanes of at least 4 members (excludes halogenated alkanes) is 1. The number of ether oxygens (including phenoxy) is 1. The highest BCUT2D eigenvalue weighted by Crippen LogP contribution is 2.29. The number of piperazine rings is 1. The lowest BCUT2D eigenvalue weighted by atomic mass is 9.96. The van der Waals surface area contributed by atoms with E-state index in [1.807, 2.05) is 11.6 Å². The normalized spacial score (nSPS) is 15.1. The molecule has 0 saturated carbocycles. The summed E-state index contributed by atoms with van der Waals surface area (Å²) in [5.74, 6) is -0.300. The van der Waals surface area contributed by atoms with Crippen LogP contribution in [0.25, 0.3) is 0 Å². The van der Waals surface area contributed by atoms with Gasteiger partial charge in [0.1, 0.15) is 0 Å². The summed E-state index contributed by atoms with van der Waals surface area (Å²) in [6.45, 7) is 8.42. The fourth-order valence-corrected chi connectivity index (χ4v) is 4.54. The van der Waals surface area contributed by atoms with E-state index >= 15 is 0 Å². The van der Waals surface area contributed by atoms with Crippen LogP contribution in [-0.2, 0) is 11.3 Å². The Bertz CT molecular complexity index is 942. The first-order valence-electron chi connectivity index (χ1n) is 12.0. The van der Waals surface area contributed by atoms with Gasteiger partial charge in [-0.15, -0.1) is 0 Å². The summed E-state index contributed by atoms with van der Waals surface area (Å²) in [6, 6.07) is 22.0. The minimum Gasteiger partial charge on any atom is -0.462 e.